The summed E-state index contributed by atoms with van der Waals surface area (Å²) in [4.78, 5) is 20.1. The fourth-order valence-corrected chi connectivity index (χ4v) is 4.19. The van der Waals surface area contributed by atoms with E-state index in [1.54, 1.807) is 17.0 Å². The van der Waals surface area contributed by atoms with E-state index in [1.165, 1.54) is 24.8 Å². The molecule has 1 aliphatic rings. The summed E-state index contributed by atoms with van der Waals surface area (Å²) < 4.78 is 58.4. The second-order valence-corrected chi connectivity index (χ2v) is 8.56. The van der Waals surface area contributed by atoms with Crippen molar-refractivity contribution in [2.75, 3.05) is 35.8 Å². The summed E-state index contributed by atoms with van der Waals surface area (Å²) in [5.74, 6) is -1.76. The van der Waals surface area contributed by atoms with E-state index in [9.17, 15) is 22.0 Å². The van der Waals surface area contributed by atoms with Crippen LogP contribution in [-0.2, 0) is 10.0 Å². The number of aromatic nitrogens is 1. The number of sulfonamides is 1. The third-order valence-electron chi connectivity index (χ3n) is 4.86. The highest BCUT2D eigenvalue weighted by Crippen LogP contribution is 2.21. The highest BCUT2D eigenvalue weighted by atomic mass is 32.2. The van der Waals surface area contributed by atoms with Crippen molar-refractivity contribution in [3.8, 4) is 0 Å². The number of nitrogens with zero attached hydrogens (tertiary/aromatic N) is 3. The Bertz CT molecular complexity index is 1180. The molecule has 4 rings (SSSR count). The fraction of sp³-hybridized carbons (Fsp3) is 0.200. The second kappa shape index (κ2) is 8.34. The number of pyridine rings is 1. The number of piperazine rings is 1. The number of anilines is 2. The number of carbonyl (C=O) groups is 1. The van der Waals surface area contributed by atoms with Crippen molar-refractivity contribution in [2.24, 2.45) is 0 Å². The molecule has 1 fully saturated rings. The molecule has 2 aromatic heterocycles. The minimum Gasteiger partial charge on any atom is -0.472 e. The molecule has 0 aliphatic carbocycles. The average molecular weight is 448 g/mol. The molecule has 0 saturated carbocycles. The summed E-state index contributed by atoms with van der Waals surface area (Å²) in [5.41, 5.74) is 0.399. The highest BCUT2D eigenvalue weighted by Gasteiger charge is 2.24. The van der Waals surface area contributed by atoms with E-state index in [-0.39, 0.29) is 16.5 Å². The number of halogens is 2. The van der Waals surface area contributed by atoms with Crippen molar-refractivity contribution in [1.29, 1.82) is 0 Å². The van der Waals surface area contributed by atoms with Gasteiger partial charge in [0.15, 0.2) is 11.6 Å². The van der Waals surface area contributed by atoms with Crippen molar-refractivity contribution < 1.29 is 26.4 Å². The first kappa shape index (κ1) is 20.8. The zero-order valence-electron chi connectivity index (χ0n) is 16.2. The molecule has 1 aliphatic heterocycles. The Morgan fingerprint density at radius 3 is 2.42 bits per heavy atom. The normalized spacial score (nSPS) is 14.5. The van der Waals surface area contributed by atoms with Gasteiger partial charge < -0.3 is 14.2 Å². The number of amides is 1. The van der Waals surface area contributed by atoms with Crippen LogP contribution in [0.15, 0.2) is 64.4 Å². The third kappa shape index (κ3) is 4.50. The summed E-state index contributed by atoms with van der Waals surface area (Å²) in [6, 6.07) is 7.29. The summed E-state index contributed by atoms with van der Waals surface area (Å²) >= 11 is 0. The Kier molecular flexibility index (Phi) is 5.59. The van der Waals surface area contributed by atoms with Crippen molar-refractivity contribution in [3.63, 3.8) is 0 Å². The summed E-state index contributed by atoms with van der Waals surface area (Å²) in [7, 11) is -4.02. The first-order valence-corrected chi connectivity index (χ1v) is 10.8. The number of carbonyl (C=O) groups excluding carboxylic acids is 1. The van der Waals surface area contributed by atoms with Crippen molar-refractivity contribution in [2.45, 2.75) is 4.90 Å². The number of benzene rings is 1. The van der Waals surface area contributed by atoms with Crippen LogP contribution < -0.4 is 9.62 Å². The number of hydrogen-bond acceptors (Lipinski definition) is 6. The van der Waals surface area contributed by atoms with E-state index in [4.69, 9.17) is 4.42 Å². The molecule has 0 radical (unpaired) electrons. The van der Waals surface area contributed by atoms with Gasteiger partial charge in [-0.05, 0) is 30.3 Å². The smallest absolute Gasteiger partial charge is 0.263 e. The van der Waals surface area contributed by atoms with Crippen LogP contribution in [0.3, 0.4) is 0 Å². The van der Waals surface area contributed by atoms with E-state index < -0.39 is 21.7 Å². The Hall–Kier alpha value is -3.47. The molecule has 31 heavy (non-hydrogen) atoms. The molecule has 0 spiro atoms. The molecule has 0 atom stereocenters. The predicted octanol–water partition coefficient (Wildman–Crippen LogP) is 2.72. The molecule has 1 N–H and O–H groups in total. The fourth-order valence-electron chi connectivity index (χ4n) is 3.20. The topological polar surface area (TPSA) is 95.8 Å². The number of hydrogen-bond donors (Lipinski definition) is 1. The maximum atomic E-state index is 13.3. The van der Waals surface area contributed by atoms with Gasteiger partial charge in [-0.15, -0.1) is 0 Å². The van der Waals surface area contributed by atoms with Crippen molar-refractivity contribution in [1.82, 2.24) is 9.88 Å². The molecule has 11 heteroatoms. The van der Waals surface area contributed by atoms with Gasteiger partial charge in [-0.3, -0.25) is 9.52 Å². The van der Waals surface area contributed by atoms with E-state index in [1.807, 2.05) is 4.90 Å². The van der Waals surface area contributed by atoms with Crippen LogP contribution in [0.25, 0.3) is 0 Å². The zero-order chi connectivity index (χ0) is 22.0. The quantitative estimate of drug-likeness (QED) is 0.645. The van der Waals surface area contributed by atoms with Gasteiger partial charge in [0, 0.05) is 38.4 Å². The minimum atomic E-state index is -4.02. The Balaban J connectivity index is 1.40. The standard InChI is InChI=1S/C20H18F2N4O4S/c21-17-3-1-15(11-18(17)22)24-31(28,29)16-2-4-19(23-12-16)25-6-8-26(9-7-25)20(27)14-5-10-30-13-14/h1-5,10-13,24H,6-9H2. The molecule has 0 unspecified atom stereocenters. The lowest BCUT2D eigenvalue weighted by Gasteiger charge is -2.35. The average Bonchev–Trinajstić information content (AvgIpc) is 3.31. The van der Waals surface area contributed by atoms with Crippen LogP contribution in [0.2, 0.25) is 0 Å². The lowest BCUT2D eigenvalue weighted by Crippen LogP contribution is -2.49. The van der Waals surface area contributed by atoms with Gasteiger partial charge in [0.25, 0.3) is 15.9 Å². The van der Waals surface area contributed by atoms with Crippen LogP contribution in [0, 0.1) is 11.6 Å². The minimum absolute atomic E-state index is 0.0959. The SMILES string of the molecule is O=C(c1ccoc1)N1CCN(c2ccc(S(=O)(=O)Nc3ccc(F)c(F)c3)cn2)CC1. The molecule has 0 bridgehead atoms. The highest BCUT2D eigenvalue weighted by molar-refractivity contribution is 7.92. The van der Waals surface area contributed by atoms with Crippen LogP contribution in [0.1, 0.15) is 10.4 Å². The first-order valence-electron chi connectivity index (χ1n) is 9.34. The second-order valence-electron chi connectivity index (χ2n) is 6.88. The third-order valence-corrected chi connectivity index (χ3v) is 6.23. The lowest BCUT2D eigenvalue weighted by atomic mass is 10.2. The van der Waals surface area contributed by atoms with E-state index in [2.05, 4.69) is 9.71 Å². The Labute approximate surface area is 177 Å². The van der Waals surface area contributed by atoms with Gasteiger partial charge >= 0.3 is 0 Å². The van der Waals surface area contributed by atoms with Gasteiger partial charge in [0.05, 0.1) is 17.5 Å². The summed E-state index contributed by atoms with van der Waals surface area (Å²) in [6.07, 6.45) is 4.05. The maximum Gasteiger partial charge on any atom is 0.263 e. The van der Waals surface area contributed by atoms with E-state index >= 15 is 0 Å². The van der Waals surface area contributed by atoms with Gasteiger partial charge in [0.2, 0.25) is 0 Å². The number of nitrogens with one attached hydrogen (secondary N) is 1. The van der Waals surface area contributed by atoms with Crippen molar-refractivity contribution >= 4 is 27.4 Å². The molecule has 3 aromatic rings. The monoisotopic (exact) mass is 448 g/mol. The van der Waals surface area contributed by atoms with Gasteiger partial charge in [0.1, 0.15) is 17.0 Å². The predicted molar refractivity (Wildman–Crippen MR) is 108 cm³/mol. The van der Waals surface area contributed by atoms with Crippen LogP contribution >= 0.6 is 0 Å². The Morgan fingerprint density at radius 2 is 1.81 bits per heavy atom. The first-order chi connectivity index (χ1) is 14.8. The van der Waals surface area contributed by atoms with Gasteiger partial charge in [-0.1, -0.05) is 0 Å². The van der Waals surface area contributed by atoms with Crippen molar-refractivity contribution in [3.05, 3.63) is 72.3 Å². The largest absolute Gasteiger partial charge is 0.472 e. The van der Waals surface area contributed by atoms with E-state index in [0.29, 0.717) is 37.6 Å². The van der Waals surface area contributed by atoms with Crippen LogP contribution in [-0.4, -0.2) is 50.4 Å². The maximum absolute atomic E-state index is 13.3. The molecule has 162 valence electrons. The molecule has 3 heterocycles. The van der Waals surface area contributed by atoms with E-state index in [0.717, 1.165) is 18.2 Å². The molecular formula is C20H18F2N4O4S. The van der Waals surface area contributed by atoms with Gasteiger partial charge in [-0.25, -0.2) is 22.2 Å². The lowest BCUT2D eigenvalue weighted by molar-refractivity contribution is 0.0745. The molecule has 1 aromatic carbocycles. The number of rotatable bonds is 5. The molecule has 8 nitrogen and oxygen atoms in total. The molecule has 1 saturated heterocycles. The van der Waals surface area contributed by atoms with Gasteiger partial charge in [-0.2, -0.15) is 0 Å². The molecule has 1 amide bonds. The zero-order valence-corrected chi connectivity index (χ0v) is 17.0. The summed E-state index contributed by atoms with van der Waals surface area (Å²) in [6.45, 7) is 2.05. The summed E-state index contributed by atoms with van der Waals surface area (Å²) in [5, 5.41) is 0. The van der Waals surface area contributed by atoms with Crippen LogP contribution in [0.5, 0.6) is 0 Å². The molecular weight excluding hydrogens is 430 g/mol. The Morgan fingerprint density at radius 1 is 1.03 bits per heavy atom. The van der Waals surface area contributed by atoms with Crippen LogP contribution in [0.4, 0.5) is 20.3 Å². The number of furan rings is 1.